The fourth-order valence-electron chi connectivity index (χ4n) is 2.99. The van der Waals surface area contributed by atoms with Gasteiger partial charge in [0.05, 0.1) is 11.2 Å². The van der Waals surface area contributed by atoms with Crippen molar-refractivity contribution in [2.45, 2.75) is 13.2 Å². The van der Waals surface area contributed by atoms with E-state index in [-0.39, 0.29) is 0 Å². The van der Waals surface area contributed by atoms with E-state index in [0.717, 1.165) is 28.1 Å². The molecule has 1 N–H and O–H groups in total. The SMILES string of the molecule is CCOC(O)c1nn(-c2ccc(Oc3ccccc3)cc2)c2ccccc12. The maximum absolute atomic E-state index is 10.3. The Kier molecular flexibility index (Phi) is 4.87. The highest BCUT2D eigenvalue weighted by Crippen LogP contribution is 2.28. The van der Waals surface area contributed by atoms with Crippen molar-refractivity contribution >= 4 is 10.9 Å². The van der Waals surface area contributed by atoms with Crippen LogP contribution in [0, 0.1) is 0 Å². The summed E-state index contributed by atoms with van der Waals surface area (Å²) in [5.74, 6) is 1.54. The first-order valence-corrected chi connectivity index (χ1v) is 8.87. The second-order valence-corrected chi connectivity index (χ2v) is 6.03. The highest BCUT2D eigenvalue weighted by atomic mass is 16.6. The topological polar surface area (TPSA) is 56.5 Å². The Labute approximate surface area is 157 Å². The van der Waals surface area contributed by atoms with Gasteiger partial charge >= 0.3 is 0 Å². The molecule has 0 bridgehead atoms. The fourth-order valence-corrected chi connectivity index (χ4v) is 2.99. The van der Waals surface area contributed by atoms with Crippen LogP contribution in [0.4, 0.5) is 0 Å². The summed E-state index contributed by atoms with van der Waals surface area (Å²) in [7, 11) is 0. The van der Waals surface area contributed by atoms with Gasteiger partial charge in [-0.2, -0.15) is 5.10 Å². The first-order valence-electron chi connectivity index (χ1n) is 8.87. The number of aliphatic hydroxyl groups excluding tert-OH is 1. The lowest BCUT2D eigenvalue weighted by Gasteiger charge is -2.08. The van der Waals surface area contributed by atoms with Gasteiger partial charge in [0.1, 0.15) is 17.2 Å². The Morgan fingerprint density at radius 2 is 1.56 bits per heavy atom. The highest BCUT2D eigenvalue weighted by molar-refractivity contribution is 5.83. The monoisotopic (exact) mass is 360 g/mol. The van der Waals surface area contributed by atoms with Gasteiger partial charge < -0.3 is 14.6 Å². The average Bonchev–Trinajstić information content (AvgIpc) is 3.09. The van der Waals surface area contributed by atoms with Gasteiger partial charge in [-0.15, -0.1) is 0 Å². The highest BCUT2D eigenvalue weighted by Gasteiger charge is 2.18. The van der Waals surface area contributed by atoms with Gasteiger partial charge in [-0.05, 0) is 49.4 Å². The Hall–Kier alpha value is -3.15. The smallest absolute Gasteiger partial charge is 0.201 e. The lowest BCUT2D eigenvalue weighted by atomic mass is 10.2. The van der Waals surface area contributed by atoms with Gasteiger partial charge in [-0.3, -0.25) is 0 Å². The zero-order chi connectivity index (χ0) is 18.6. The Balaban J connectivity index is 1.68. The number of benzene rings is 3. The molecular weight excluding hydrogens is 340 g/mol. The molecule has 1 heterocycles. The summed E-state index contributed by atoms with van der Waals surface area (Å²) in [6.07, 6.45) is -1.05. The predicted octanol–water partition coefficient (Wildman–Crippen LogP) is 4.85. The molecular formula is C22H20N2O3. The van der Waals surface area contributed by atoms with E-state index in [2.05, 4.69) is 5.10 Å². The van der Waals surface area contributed by atoms with Crippen molar-refractivity contribution in [3.05, 3.63) is 84.6 Å². The van der Waals surface area contributed by atoms with Crippen molar-refractivity contribution in [3.8, 4) is 17.2 Å². The second kappa shape index (κ2) is 7.61. The molecule has 5 nitrogen and oxygen atoms in total. The first kappa shape index (κ1) is 17.3. The van der Waals surface area contributed by atoms with E-state index in [1.54, 1.807) is 4.68 Å². The number of rotatable bonds is 6. The molecule has 136 valence electrons. The molecule has 4 rings (SSSR count). The van der Waals surface area contributed by atoms with Crippen LogP contribution in [0.3, 0.4) is 0 Å². The number of aromatic nitrogens is 2. The van der Waals surface area contributed by atoms with E-state index in [9.17, 15) is 5.11 Å². The van der Waals surface area contributed by atoms with Gasteiger partial charge in [-0.25, -0.2) is 4.68 Å². The van der Waals surface area contributed by atoms with Crippen molar-refractivity contribution in [2.24, 2.45) is 0 Å². The summed E-state index contributed by atoms with van der Waals surface area (Å²) in [6, 6.07) is 25.1. The summed E-state index contributed by atoms with van der Waals surface area (Å²) >= 11 is 0. The molecule has 0 radical (unpaired) electrons. The average molecular weight is 360 g/mol. The summed E-state index contributed by atoms with van der Waals surface area (Å²) in [4.78, 5) is 0. The molecule has 1 unspecified atom stereocenters. The van der Waals surface area contributed by atoms with E-state index in [4.69, 9.17) is 9.47 Å². The number of hydrogen-bond donors (Lipinski definition) is 1. The normalized spacial score (nSPS) is 12.2. The number of para-hydroxylation sites is 2. The van der Waals surface area contributed by atoms with E-state index in [1.165, 1.54) is 0 Å². The van der Waals surface area contributed by atoms with Gasteiger partial charge in [0.25, 0.3) is 0 Å². The van der Waals surface area contributed by atoms with Crippen LogP contribution >= 0.6 is 0 Å². The van der Waals surface area contributed by atoms with Crippen molar-refractivity contribution in [1.29, 1.82) is 0 Å². The van der Waals surface area contributed by atoms with E-state index in [1.807, 2.05) is 85.8 Å². The summed E-state index contributed by atoms with van der Waals surface area (Å²) in [5, 5.41) is 15.7. The minimum Gasteiger partial charge on any atom is -0.457 e. The number of nitrogens with zero attached hydrogens (tertiary/aromatic N) is 2. The lowest BCUT2D eigenvalue weighted by molar-refractivity contribution is -0.0999. The van der Waals surface area contributed by atoms with E-state index in [0.29, 0.717) is 12.3 Å². The van der Waals surface area contributed by atoms with Crippen LogP contribution in [0.5, 0.6) is 11.5 Å². The van der Waals surface area contributed by atoms with Gasteiger partial charge in [0.2, 0.25) is 6.29 Å². The Morgan fingerprint density at radius 1 is 0.889 bits per heavy atom. The van der Waals surface area contributed by atoms with Crippen molar-refractivity contribution in [2.75, 3.05) is 6.61 Å². The third kappa shape index (κ3) is 3.56. The third-order valence-corrected chi connectivity index (χ3v) is 4.23. The number of aliphatic hydroxyl groups is 1. The quantitative estimate of drug-likeness (QED) is 0.500. The number of ether oxygens (including phenoxy) is 2. The van der Waals surface area contributed by atoms with Crippen molar-refractivity contribution in [3.63, 3.8) is 0 Å². The first-order chi connectivity index (χ1) is 13.3. The zero-order valence-corrected chi connectivity index (χ0v) is 14.9. The maximum atomic E-state index is 10.3. The van der Waals surface area contributed by atoms with E-state index < -0.39 is 6.29 Å². The summed E-state index contributed by atoms with van der Waals surface area (Å²) in [5.41, 5.74) is 2.29. The van der Waals surface area contributed by atoms with Crippen molar-refractivity contribution < 1.29 is 14.6 Å². The molecule has 1 atom stereocenters. The van der Waals surface area contributed by atoms with Gasteiger partial charge in [0, 0.05) is 12.0 Å². The molecule has 4 aromatic rings. The molecule has 0 aliphatic rings. The van der Waals surface area contributed by atoms with E-state index >= 15 is 0 Å². The number of fused-ring (bicyclic) bond motifs is 1. The molecule has 0 saturated carbocycles. The van der Waals surface area contributed by atoms with Gasteiger partial charge in [-0.1, -0.05) is 36.4 Å². The molecule has 0 saturated heterocycles. The fraction of sp³-hybridized carbons (Fsp3) is 0.136. The Bertz CT molecular complexity index is 1030. The number of hydrogen-bond acceptors (Lipinski definition) is 4. The predicted molar refractivity (Wildman–Crippen MR) is 104 cm³/mol. The van der Waals surface area contributed by atoms with Crippen LogP contribution in [0.1, 0.15) is 18.9 Å². The third-order valence-electron chi connectivity index (χ3n) is 4.23. The second-order valence-electron chi connectivity index (χ2n) is 6.03. The molecule has 0 fully saturated rings. The minimum atomic E-state index is -1.05. The molecule has 3 aromatic carbocycles. The van der Waals surface area contributed by atoms with Gasteiger partial charge in [0.15, 0.2) is 0 Å². The molecule has 0 aliphatic heterocycles. The largest absolute Gasteiger partial charge is 0.457 e. The standard InChI is InChI=1S/C22H20N2O3/c1-2-26-22(25)21-19-10-6-7-11-20(19)24(23-21)16-12-14-18(15-13-16)27-17-8-4-3-5-9-17/h3-15,22,25H,2H2,1H3. The van der Waals surface area contributed by atoms with Crippen LogP contribution in [-0.2, 0) is 4.74 Å². The summed E-state index contributed by atoms with van der Waals surface area (Å²) < 4.78 is 13.0. The molecule has 1 aromatic heterocycles. The summed E-state index contributed by atoms with van der Waals surface area (Å²) in [6.45, 7) is 2.25. The maximum Gasteiger partial charge on any atom is 0.201 e. The van der Waals surface area contributed by atoms with Crippen molar-refractivity contribution in [1.82, 2.24) is 9.78 Å². The van der Waals surface area contributed by atoms with Crippen LogP contribution in [0.2, 0.25) is 0 Å². The van der Waals surface area contributed by atoms with Crippen LogP contribution in [-0.4, -0.2) is 21.5 Å². The molecule has 0 aliphatic carbocycles. The van der Waals surface area contributed by atoms with Crippen LogP contribution in [0.25, 0.3) is 16.6 Å². The molecule has 5 heteroatoms. The molecule has 0 spiro atoms. The minimum absolute atomic E-state index is 0.411. The zero-order valence-electron chi connectivity index (χ0n) is 14.9. The molecule has 27 heavy (non-hydrogen) atoms. The van der Waals surface area contributed by atoms with Crippen LogP contribution in [0.15, 0.2) is 78.9 Å². The Morgan fingerprint density at radius 3 is 2.30 bits per heavy atom. The molecule has 0 amide bonds. The van der Waals surface area contributed by atoms with Crippen LogP contribution < -0.4 is 4.74 Å². The lowest BCUT2D eigenvalue weighted by Crippen LogP contribution is -2.05.